The summed E-state index contributed by atoms with van der Waals surface area (Å²) in [6.45, 7) is 9.70. The Labute approximate surface area is 163 Å². The first-order chi connectivity index (χ1) is 13.3. The Hall–Kier alpha value is -2.30. The molecule has 0 saturated carbocycles. The van der Waals surface area contributed by atoms with Gasteiger partial charge >= 0.3 is 0 Å². The molecule has 144 valence electrons. The van der Waals surface area contributed by atoms with Gasteiger partial charge < -0.3 is 19.3 Å². The van der Waals surface area contributed by atoms with Crippen LogP contribution in [0.5, 0.6) is 11.5 Å². The second kappa shape index (κ2) is 10.1. The van der Waals surface area contributed by atoms with E-state index in [2.05, 4.69) is 54.6 Å². The van der Waals surface area contributed by atoms with Crippen LogP contribution in [-0.2, 0) is 6.54 Å². The number of methoxy groups -OCH3 is 1. The number of nitrogens with one attached hydrogen (secondary N) is 2. The maximum atomic E-state index is 5.71. The summed E-state index contributed by atoms with van der Waals surface area (Å²) in [6, 6.07) is 16.9. The van der Waals surface area contributed by atoms with Gasteiger partial charge in [-0.3, -0.25) is 0 Å². The van der Waals surface area contributed by atoms with Crippen LogP contribution in [0.3, 0.4) is 0 Å². The molecule has 27 heavy (non-hydrogen) atoms. The van der Waals surface area contributed by atoms with Gasteiger partial charge in [0.15, 0.2) is 11.5 Å². The predicted molar refractivity (Wildman–Crippen MR) is 110 cm³/mol. The number of piperazine rings is 1. The molecule has 0 unspecified atom stereocenters. The molecule has 2 aromatic carbocycles. The number of quaternary nitrogens is 2. The van der Waals surface area contributed by atoms with Gasteiger partial charge in [-0.05, 0) is 36.8 Å². The molecule has 1 aliphatic rings. The molecule has 2 aromatic rings. The zero-order chi connectivity index (χ0) is 18.9. The first-order valence-corrected chi connectivity index (χ1v) is 9.97. The van der Waals surface area contributed by atoms with Crippen molar-refractivity contribution in [1.29, 1.82) is 0 Å². The highest BCUT2D eigenvalue weighted by molar-refractivity contribution is 5.48. The molecule has 0 aromatic heterocycles. The fourth-order valence-corrected chi connectivity index (χ4v) is 3.65. The van der Waals surface area contributed by atoms with Gasteiger partial charge in [0.25, 0.3) is 0 Å². The van der Waals surface area contributed by atoms with Crippen molar-refractivity contribution >= 4 is 6.08 Å². The molecular weight excluding hydrogens is 336 g/mol. The first-order valence-electron chi connectivity index (χ1n) is 9.97. The van der Waals surface area contributed by atoms with Crippen LogP contribution < -0.4 is 19.3 Å². The average molecular weight is 369 g/mol. The van der Waals surface area contributed by atoms with E-state index in [1.807, 2.05) is 13.0 Å². The zero-order valence-corrected chi connectivity index (χ0v) is 16.5. The number of rotatable bonds is 8. The van der Waals surface area contributed by atoms with Crippen LogP contribution >= 0.6 is 0 Å². The van der Waals surface area contributed by atoms with Gasteiger partial charge in [-0.2, -0.15) is 0 Å². The van der Waals surface area contributed by atoms with E-state index in [9.17, 15) is 0 Å². The summed E-state index contributed by atoms with van der Waals surface area (Å²) in [7, 11) is 1.69. The van der Waals surface area contributed by atoms with Crippen molar-refractivity contribution in [2.75, 3.05) is 46.4 Å². The summed E-state index contributed by atoms with van der Waals surface area (Å²) in [5.41, 5.74) is 2.60. The number of ether oxygens (including phenoxy) is 2. The molecule has 1 fully saturated rings. The number of hydrogen-bond donors (Lipinski definition) is 2. The summed E-state index contributed by atoms with van der Waals surface area (Å²) in [4.78, 5) is 3.33. The van der Waals surface area contributed by atoms with Crippen molar-refractivity contribution in [2.24, 2.45) is 0 Å². The molecule has 3 rings (SSSR count). The minimum atomic E-state index is 0.658. The topological polar surface area (TPSA) is 27.3 Å². The highest BCUT2D eigenvalue weighted by atomic mass is 16.5. The Bertz CT molecular complexity index is 722. The van der Waals surface area contributed by atoms with E-state index in [-0.39, 0.29) is 0 Å². The van der Waals surface area contributed by atoms with Gasteiger partial charge in [0.1, 0.15) is 32.7 Å². The van der Waals surface area contributed by atoms with Crippen molar-refractivity contribution in [3.05, 3.63) is 65.7 Å². The van der Waals surface area contributed by atoms with Crippen molar-refractivity contribution in [1.82, 2.24) is 0 Å². The fourth-order valence-electron chi connectivity index (χ4n) is 3.65. The third-order valence-corrected chi connectivity index (χ3v) is 5.16. The van der Waals surface area contributed by atoms with E-state index in [1.54, 1.807) is 16.9 Å². The van der Waals surface area contributed by atoms with E-state index in [4.69, 9.17) is 9.47 Å². The van der Waals surface area contributed by atoms with Crippen LogP contribution in [-0.4, -0.2) is 46.4 Å². The van der Waals surface area contributed by atoms with Crippen LogP contribution in [0, 0.1) is 0 Å². The lowest BCUT2D eigenvalue weighted by Gasteiger charge is -2.29. The molecule has 2 N–H and O–H groups in total. The van der Waals surface area contributed by atoms with Crippen molar-refractivity contribution < 1.29 is 19.3 Å². The molecule has 1 heterocycles. The average Bonchev–Trinajstić information content (AvgIpc) is 2.71. The molecule has 0 amide bonds. The quantitative estimate of drug-likeness (QED) is 0.730. The lowest BCUT2D eigenvalue weighted by atomic mass is 10.1. The smallest absolute Gasteiger partial charge is 0.161 e. The molecular formula is C23H32N2O2+2. The number of benzene rings is 2. The van der Waals surface area contributed by atoms with E-state index >= 15 is 0 Å². The summed E-state index contributed by atoms with van der Waals surface area (Å²) >= 11 is 0. The molecule has 0 spiro atoms. The Kier molecular flexibility index (Phi) is 7.31. The van der Waals surface area contributed by atoms with Gasteiger partial charge in [-0.15, -0.1) is 0 Å². The molecule has 0 atom stereocenters. The molecule has 0 bridgehead atoms. The van der Waals surface area contributed by atoms with Crippen molar-refractivity contribution in [3.63, 3.8) is 0 Å². The lowest BCUT2D eigenvalue weighted by Crippen LogP contribution is -3.27. The van der Waals surface area contributed by atoms with E-state index < -0.39 is 0 Å². The van der Waals surface area contributed by atoms with Crippen LogP contribution in [0.25, 0.3) is 6.08 Å². The predicted octanol–water partition coefficient (Wildman–Crippen LogP) is 1.09. The third kappa shape index (κ3) is 5.84. The molecule has 0 radical (unpaired) electrons. The number of hydrogen-bond acceptors (Lipinski definition) is 2. The zero-order valence-electron chi connectivity index (χ0n) is 16.5. The van der Waals surface area contributed by atoms with Crippen molar-refractivity contribution in [2.45, 2.75) is 13.5 Å². The maximum Gasteiger partial charge on any atom is 0.161 e. The normalized spacial score (nSPS) is 19.9. The summed E-state index contributed by atoms with van der Waals surface area (Å²) in [5, 5.41) is 0. The van der Waals surface area contributed by atoms with Gasteiger partial charge in [-0.25, -0.2) is 0 Å². The Balaban J connectivity index is 1.46. The molecule has 1 aliphatic heterocycles. The summed E-state index contributed by atoms with van der Waals surface area (Å²) in [6.07, 6.45) is 4.55. The van der Waals surface area contributed by atoms with Crippen LogP contribution in [0.15, 0.2) is 54.6 Å². The largest absolute Gasteiger partial charge is 0.493 e. The van der Waals surface area contributed by atoms with Gasteiger partial charge in [0.05, 0.1) is 20.3 Å². The first kappa shape index (κ1) is 19.5. The van der Waals surface area contributed by atoms with Crippen LogP contribution in [0.4, 0.5) is 0 Å². The van der Waals surface area contributed by atoms with Crippen LogP contribution in [0.1, 0.15) is 18.1 Å². The van der Waals surface area contributed by atoms with Crippen LogP contribution in [0.2, 0.25) is 0 Å². The second-order valence-corrected chi connectivity index (χ2v) is 7.11. The Morgan fingerprint density at radius 2 is 1.67 bits per heavy atom. The van der Waals surface area contributed by atoms with E-state index in [0.29, 0.717) is 6.61 Å². The standard InChI is InChI=1S/C23H30N2O2/c1-3-27-23-18-21(11-12-22(23)26-2)19-25-16-14-24(15-17-25)13-7-10-20-8-5-4-6-9-20/h4-12,18H,3,13-17,19H2,1-2H3/p+2/b10-7+. The SMILES string of the molecule is CCOc1cc(C[NH+]2CC[NH+](C/C=C/c3ccccc3)CC2)ccc1OC. The molecule has 4 heteroatoms. The van der Waals surface area contributed by atoms with E-state index in [1.165, 1.54) is 37.3 Å². The third-order valence-electron chi connectivity index (χ3n) is 5.16. The molecule has 4 nitrogen and oxygen atoms in total. The van der Waals surface area contributed by atoms with Gasteiger partial charge in [-0.1, -0.05) is 36.4 Å². The fraction of sp³-hybridized carbons (Fsp3) is 0.391. The Morgan fingerprint density at radius 1 is 0.926 bits per heavy atom. The van der Waals surface area contributed by atoms with Crippen molar-refractivity contribution in [3.8, 4) is 11.5 Å². The molecule has 1 saturated heterocycles. The van der Waals surface area contributed by atoms with Gasteiger partial charge in [0, 0.05) is 5.56 Å². The molecule has 0 aliphatic carbocycles. The Morgan fingerprint density at radius 3 is 2.37 bits per heavy atom. The second-order valence-electron chi connectivity index (χ2n) is 7.11. The maximum absolute atomic E-state index is 5.71. The monoisotopic (exact) mass is 368 g/mol. The van der Waals surface area contributed by atoms with E-state index in [0.717, 1.165) is 24.6 Å². The highest BCUT2D eigenvalue weighted by Gasteiger charge is 2.22. The lowest BCUT2D eigenvalue weighted by molar-refractivity contribution is -1.02. The minimum absolute atomic E-state index is 0.658. The minimum Gasteiger partial charge on any atom is -0.493 e. The van der Waals surface area contributed by atoms with Gasteiger partial charge in [0.2, 0.25) is 0 Å². The summed E-state index contributed by atoms with van der Waals surface area (Å²) < 4.78 is 11.1. The highest BCUT2D eigenvalue weighted by Crippen LogP contribution is 2.27. The summed E-state index contributed by atoms with van der Waals surface area (Å²) in [5.74, 6) is 1.67.